The van der Waals surface area contributed by atoms with Crippen molar-refractivity contribution >= 4 is 11.6 Å². The van der Waals surface area contributed by atoms with Gasteiger partial charge in [-0.05, 0) is 12.1 Å². The second-order valence-electron chi connectivity index (χ2n) is 4.81. The monoisotopic (exact) mass is 261 g/mol. The molecule has 2 N–H and O–H groups in total. The summed E-state index contributed by atoms with van der Waals surface area (Å²) in [6.07, 6.45) is 2.19. The second kappa shape index (κ2) is 4.64. The van der Waals surface area contributed by atoms with Crippen LogP contribution in [0.4, 0.5) is 0 Å². The van der Waals surface area contributed by atoms with Crippen LogP contribution in [0.1, 0.15) is 5.69 Å². The van der Waals surface area contributed by atoms with Gasteiger partial charge in [0.15, 0.2) is 0 Å². The number of likely N-dealkylation sites (tertiary alicyclic amines) is 1. The maximum Gasteiger partial charge on any atom is 0.228 e. The first-order valence-corrected chi connectivity index (χ1v) is 6.20. The molecule has 2 atom stereocenters. The molecule has 1 saturated heterocycles. The summed E-state index contributed by atoms with van der Waals surface area (Å²) < 4.78 is 1.86. The third kappa shape index (κ3) is 2.32. The van der Waals surface area contributed by atoms with Crippen LogP contribution in [0.15, 0.2) is 30.6 Å². The third-order valence-electron chi connectivity index (χ3n) is 3.36. The molecule has 0 spiro atoms. The summed E-state index contributed by atoms with van der Waals surface area (Å²) in [4.78, 5) is 17.9. The Labute approximate surface area is 109 Å². The van der Waals surface area contributed by atoms with Gasteiger partial charge in [-0.3, -0.25) is 4.79 Å². The summed E-state index contributed by atoms with van der Waals surface area (Å²) in [6.45, 7) is 0.376. The van der Waals surface area contributed by atoms with Gasteiger partial charge in [0, 0.05) is 25.5 Å². The van der Waals surface area contributed by atoms with Gasteiger partial charge in [-0.25, -0.2) is 4.98 Å². The molecule has 1 aliphatic heterocycles. The predicted octanol–water partition coefficient (Wildman–Crippen LogP) is -0.559. The molecule has 6 heteroatoms. The van der Waals surface area contributed by atoms with Crippen molar-refractivity contribution in [1.82, 2.24) is 14.3 Å². The molecule has 0 unspecified atom stereocenters. The first kappa shape index (κ1) is 12.1. The van der Waals surface area contributed by atoms with Crippen molar-refractivity contribution in [3.8, 4) is 0 Å². The lowest BCUT2D eigenvalue weighted by atomic mass is 10.3. The lowest BCUT2D eigenvalue weighted by molar-refractivity contribution is -0.130. The number of fused-ring (bicyclic) bond motifs is 1. The lowest BCUT2D eigenvalue weighted by Crippen LogP contribution is -2.31. The first-order valence-electron chi connectivity index (χ1n) is 6.20. The number of rotatable bonds is 2. The minimum atomic E-state index is -0.843. The van der Waals surface area contributed by atoms with Crippen molar-refractivity contribution in [2.45, 2.75) is 18.6 Å². The van der Waals surface area contributed by atoms with Crippen LogP contribution in [-0.4, -0.2) is 55.7 Å². The van der Waals surface area contributed by atoms with E-state index >= 15 is 0 Å². The fourth-order valence-electron chi connectivity index (χ4n) is 2.31. The summed E-state index contributed by atoms with van der Waals surface area (Å²) >= 11 is 0. The van der Waals surface area contributed by atoms with Gasteiger partial charge in [0.25, 0.3) is 0 Å². The molecule has 1 fully saturated rings. The number of carbonyl (C=O) groups excluding carboxylic acids is 1. The van der Waals surface area contributed by atoms with Gasteiger partial charge >= 0.3 is 0 Å². The Morgan fingerprint density at radius 3 is 2.74 bits per heavy atom. The average Bonchev–Trinajstić information content (AvgIpc) is 2.93. The van der Waals surface area contributed by atoms with Crippen molar-refractivity contribution < 1.29 is 15.0 Å². The Balaban J connectivity index is 1.72. The quantitative estimate of drug-likeness (QED) is 0.759. The minimum Gasteiger partial charge on any atom is -0.388 e. The molecule has 6 nitrogen and oxygen atoms in total. The molecule has 19 heavy (non-hydrogen) atoms. The highest BCUT2D eigenvalue weighted by Gasteiger charge is 2.32. The molecular formula is C13H15N3O3. The lowest BCUT2D eigenvalue weighted by Gasteiger charge is -2.14. The van der Waals surface area contributed by atoms with E-state index in [0.717, 1.165) is 5.65 Å². The van der Waals surface area contributed by atoms with Gasteiger partial charge in [-0.2, -0.15) is 0 Å². The van der Waals surface area contributed by atoms with E-state index < -0.39 is 12.2 Å². The molecular weight excluding hydrogens is 246 g/mol. The SMILES string of the molecule is O=C(Cc1cn2ccccc2n1)N1C[C@@H](O)[C@@H](O)C1. The molecule has 1 aliphatic rings. The molecule has 2 aromatic heterocycles. The van der Waals surface area contributed by atoms with E-state index in [2.05, 4.69) is 4.98 Å². The van der Waals surface area contributed by atoms with Crippen LogP contribution in [0.25, 0.3) is 5.65 Å². The molecule has 3 heterocycles. The number of aromatic nitrogens is 2. The number of aliphatic hydroxyl groups is 2. The van der Waals surface area contributed by atoms with E-state index in [1.807, 2.05) is 35.0 Å². The normalized spacial score (nSPS) is 23.2. The third-order valence-corrected chi connectivity index (χ3v) is 3.36. The zero-order chi connectivity index (χ0) is 13.4. The Morgan fingerprint density at radius 1 is 1.32 bits per heavy atom. The van der Waals surface area contributed by atoms with Crippen LogP contribution < -0.4 is 0 Å². The summed E-state index contributed by atoms with van der Waals surface area (Å²) in [6, 6.07) is 5.66. The van der Waals surface area contributed by atoms with Crippen LogP contribution in [0, 0.1) is 0 Å². The van der Waals surface area contributed by atoms with E-state index in [1.165, 1.54) is 4.90 Å². The van der Waals surface area contributed by atoms with E-state index in [-0.39, 0.29) is 25.4 Å². The molecule has 100 valence electrons. The fourth-order valence-corrected chi connectivity index (χ4v) is 2.31. The molecule has 3 rings (SSSR count). The van der Waals surface area contributed by atoms with E-state index in [4.69, 9.17) is 0 Å². The highest BCUT2D eigenvalue weighted by atomic mass is 16.3. The Kier molecular flexibility index (Phi) is 2.96. The van der Waals surface area contributed by atoms with Crippen LogP contribution in [-0.2, 0) is 11.2 Å². The molecule has 0 saturated carbocycles. The highest BCUT2D eigenvalue weighted by molar-refractivity contribution is 5.79. The zero-order valence-corrected chi connectivity index (χ0v) is 10.3. The number of hydrogen-bond acceptors (Lipinski definition) is 4. The Bertz CT molecular complexity index is 567. The van der Waals surface area contributed by atoms with Crippen LogP contribution in [0.5, 0.6) is 0 Å². The van der Waals surface area contributed by atoms with E-state index in [0.29, 0.717) is 5.69 Å². The molecule has 0 radical (unpaired) electrons. The van der Waals surface area contributed by atoms with E-state index in [9.17, 15) is 15.0 Å². The highest BCUT2D eigenvalue weighted by Crippen LogP contribution is 2.12. The number of β-amino-alcohol motifs (C(OH)–C–C–N with tert-alkyl or cyclic N) is 2. The van der Waals surface area contributed by atoms with Gasteiger partial charge in [0.2, 0.25) is 5.91 Å². The van der Waals surface area contributed by atoms with Crippen LogP contribution in [0.3, 0.4) is 0 Å². The summed E-state index contributed by atoms with van der Waals surface area (Å²) in [5.74, 6) is -0.126. The Hall–Kier alpha value is -1.92. The fraction of sp³-hybridized carbons (Fsp3) is 0.385. The number of imidazole rings is 1. The van der Waals surface area contributed by atoms with Gasteiger partial charge < -0.3 is 19.5 Å². The standard InChI is InChI=1S/C13H15N3O3/c17-10-7-16(8-11(10)18)13(19)5-9-6-15-4-2-1-3-12(15)14-9/h1-4,6,10-11,17-18H,5,7-8H2/t10-,11+. The predicted molar refractivity (Wildman–Crippen MR) is 67.5 cm³/mol. The van der Waals surface area contributed by atoms with Crippen LogP contribution in [0.2, 0.25) is 0 Å². The molecule has 0 aromatic carbocycles. The van der Waals surface area contributed by atoms with Crippen molar-refractivity contribution in [3.63, 3.8) is 0 Å². The average molecular weight is 261 g/mol. The van der Waals surface area contributed by atoms with Gasteiger partial charge in [0.1, 0.15) is 5.65 Å². The van der Waals surface area contributed by atoms with Crippen molar-refractivity contribution in [1.29, 1.82) is 0 Å². The van der Waals surface area contributed by atoms with E-state index in [1.54, 1.807) is 0 Å². The number of aliphatic hydroxyl groups excluding tert-OH is 2. The maximum absolute atomic E-state index is 12.0. The number of nitrogens with zero attached hydrogens (tertiary/aromatic N) is 3. The first-order chi connectivity index (χ1) is 9.13. The van der Waals surface area contributed by atoms with Crippen LogP contribution >= 0.6 is 0 Å². The Morgan fingerprint density at radius 2 is 2.05 bits per heavy atom. The molecule has 0 bridgehead atoms. The van der Waals surface area contributed by atoms with Gasteiger partial charge in [-0.1, -0.05) is 6.07 Å². The van der Waals surface area contributed by atoms with Crippen molar-refractivity contribution in [2.24, 2.45) is 0 Å². The number of hydrogen-bond donors (Lipinski definition) is 2. The summed E-state index contributed by atoms with van der Waals surface area (Å²) in [7, 11) is 0. The zero-order valence-electron chi connectivity index (χ0n) is 10.3. The largest absolute Gasteiger partial charge is 0.388 e. The van der Waals surface area contributed by atoms with Gasteiger partial charge in [-0.15, -0.1) is 0 Å². The number of pyridine rings is 1. The van der Waals surface area contributed by atoms with Gasteiger partial charge in [0.05, 0.1) is 24.3 Å². The summed E-state index contributed by atoms with van der Waals surface area (Å²) in [5, 5.41) is 18.9. The molecule has 0 aliphatic carbocycles. The topological polar surface area (TPSA) is 78.1 Å². The van der Waals surface area contributed by atoms with Crippen molar-refractivity contribution in [3.05, 3.63) is 36.3 Å². The summed E-state index contributed by atoms with van der Waals surface area (Å²) in [5.41, 5.74) is 1.49. The maximum atomic E-state index is 12.0. The van der Waals surface area contributed by atoms with Crippen molar-refractivity contribution in [2.75, 3.05) is 13.1 Å². The smallest absolute Gasteiger partial charge is 0.228 e. The molecule has 2 aromatic rings. The minimum absolute atomic E-state index is 0.126. The number of carbonyl (C=O) groups is 1. The second-order valence-corrected chi connectivity index (χ2v) is 4.81. The number of amides is 1. The molecule has 1 amide bonds.